The molecule has 21 heavy (non-hydrogen) atoms. The van der Waals surface area contributed by atoms with Crippen molar-refractivity contribution in [3.63, 3.8) is 0 Å². The summed E-state index contributed by atoms with van der Waals surface area (Å²) >= 11 is 5.98. The third-order valence-corrected chi connectivity index (χ3v) is 3.57. The van der Waals surface area contributed by atoms with Crippen LogP contribution in [0.4, 0.5) is 4.39 Å². The molecule has 0 saturated heterocycles. The molecule has 120 valence electrons. The summed E-state index contributed by atoms with van der Waals surface area (Å²) in [7, 11) is 1.65. The average molecular weight is 319 g/mol. The van der Waals surface area contributed by atoms with Gasteiger partial charge in [-0.3, -0.25) is 0 Å². The number of alkyl halides is 1. The molecule has 1 aromatic rings. The van der Waals surface area contributed by atoms with Gasteiger partial charge < -0.3 is 14.2 Å². The van der Waals surface area contributed by atoms with Crippen molar-refractivity contribution in [3.05, 3.63) is 35.6 Å². The fourth-order valence-electron chi connectivity index (χ4n) is 1.90. The van der Waals surface area contributed by atoms with Crippen molar-refractivity contribution in [3.8, 4) is 0 Å². The monoisotopic (exact) mass is 318 g/mol. The van der Waals surface area contributed by atoms with Crippen LogP contribution in [0.3, 0.4) is 0 Å². The Morgan fingerprint density at radius 3 is 2.24 bits per heavy atom. The summed E-state index contributed by atoms with van der Waals surface area (Å²) in [6.45, 7) is 3.01. The lowest BCUT2D eigenvalue weighted by atomic mass is 9.98. The average Bonchev–Trinajstić information content (AvgIpc) is 2.50. The van der Waals surface area contributed by atoms with E-state index in [0.717, 1.165) is 18.4 Å². The van der Waals surface area contributed by atoms with Gasteiger partial charge in [0.25, 0.3) is 0 Å². The van der Waals surface area contributed by atoms with Crippen molar-refractivity contribution < 1.29 is 18.6 Å². The SMILES string of the molecule is COCCOCCOCCC(CCl)Cc1ccc(F)cc1. The number of ether oxygens (including phenoxy) is 3. The summed E-state index contributed by atoms with van der Waals surface area (Å²) in [6.07, 6.45) is 1.73. The molecule has 0 aliphatic heterocycles. The predicted molar refractivity (Wildman–Crippen MR) is 82.4 cm³/mol. The molecule has 5 heteroatoms. The molecule has 0 fully saturated rings. The number of hydrogen-bond donors (Lipinski definition) is 0. The summed E-state index contributed by atoms with van der Waals surface area (Å²) < 4.78 is 28.5. The van der Waals surface area contributed by atoms with Crippen LogP contribution in [0.15, 0.2) is 24.3 Å². The van der Waals surface area contributed by atoms with E-state index >= 15 is 0 Å². The summed E-state index contributed by atoms with van der Waals surface area (Å²) in [5, 5.41) is 0. The molecule has 0 spiro atoms. The van der Waals surface area contributed by atoms with Gasteiger partial charge in [-0.15, -0.1) is 11.6 Å². The molecule has 1 rings (SSSR count). The van der Waals surface area contributed by atoms with Gasteiger partial charge in [-0.2, -0.15) is 0 Å². The summed E-state index contributed by atoms with van der Waals surface area (Å²) in [4.78, 5) is 0. The Morgan fingerprint density at radius 1 is 1.00 bits per heavy atom. The number of methoxy groups -OCH3 is 1. The highest BCUT2D eigenvalue weighted by molar-refractivity contribution is 6.18. The fourth-order valence-corrected chi connectivity index (χ4v) is 2.17. The smallest absolute Gasteiger partial charge is 0.123 e. The van der Waals surface area contributed by atoms with E-state index in [4.69, 9.17) is 25.8 Å². The second-order valence-corrected chi connectivity index (χ2v) is 5.17. The van der Waals surface area contributed by atoms with Crippen LogP contribution in [-0.2, 0) is 20.6 Å². The molecule has 0 heterocycles. The highest BCUT2D eigenvalue weighted by atomic mass is 35.5. The lowest BCUT2D eigenvalue weighted by Gasteiger charge is -2.14. The molecule has 0 radical (unpaired) electrons. The van der Waals surface area contributed by atoms with Gasteiger partial charge >= 0.3 is 0 Å². The molecule has 0 amide bonds. The molecule has 0 N–H and O–H groups in total. The first kappa shape index (κ1) is 18.4. The largest absolute Gasteiger partial charge is 0.382 e. The van der Waals surface area contributed by atoms with Crippen LogP contribution in [0.2, 0.25) is 0 Å². The van der Waals surface area contributed by atoms with E-state index in [2.05, 4.69) is 0 Å². The molecule has 0 aliphatic carbocycles. The molecule has 0 aliphatic rings. The highest BCUT2D eigenvalue weighted by Crippen LogP contribution is 2.15. The summed E-state index contributed by atoms with van der Waals surface area (Å²) in [6, 6.07) is 6.57. The van der Waals surface area contributed by atoms with E-state index in [9.17, 15) is 4.39 Å². The van der Waals surface area contributed by atoms with E-state index in [0.29, 0.717) is 44.8 Å². The van der Waals surface area contributed by atoms with Gasteiger partial charge in [-0.25, -0.2) is 4.39 Å². The maximum absolute atomic E-state index is 12.8. The quantitative estimate of drug-likeness (QED) is 0.437. The van der Waals surface area contributed by atoms with E-state index in [1.54, 1.807) is 19.2 Å². The molecule has 1 aromatic carbocycles. The zero-order valence-corrected chi connectivity index (χ0v) is 13.3. The number of rotatable bonds is 12. The second-order valence-electron chi connectivity index (χ2n) is 4.86. The number of hydrogen-bond acceptors (Lipinski definition) is 3. The van der Waals surface area contributed by atoms with Gasteiger partial charge in [0, 0.05) is 19.6 Å². The standard InChI is InChI=1S/C16H24ClFO3/c1-19-8-9-21-11-10-20-7-6-15(13-17)12-14-2-4-16(18)5-3-14/h2-5,15H,6-13H2,1H3. The zero-order valence-electron chi connectivity index (χ0n) is 12.5. The number of halogens is 2. The summed E-state index contributed by atoms with van der Waals surface area (Å²) in [5.41, 5.74) is 1.10. The Balaban J connectivity index is 2.09. The third-order valence-electron chi connectivity index (χ3n) is 3.13. The molecule has 1 unspecified atom stereocenters. The Morgan fingerprint density at radius 2 is 1.62 bits per heavy atom. The molecule has 0 aromatic heterocycles. The van der Waals surface area contributed by atoms with Crippen molar-refractivity contribution in [1.82, 2.24) is 0 Å². The van der Waals surface area contributed by atoms with Gasteiger partial charge in [0.05, 0.1) is 26.4 Å². The molecule has 1 atom stereocenters. The minimum Gasteiger partial charge on any atom is -0.382 e. The Hall–Kier alpha value is -0.680. The van der Waals surface area contributed by atoms with Crippen LogP contribution >= 0.6 is 11.6 Å². The van der Waals surface area contributed by atoms with Crippen LogP contribution in [0.5, 0.6) is 0 Å². The fraction of sp³-hybridized carbons (Fsp3) is 0.625. The van der Waals surface area contributed by atoms with Gasteiger partial charge in [-0.05, 0) is 36.5 Å². The van der Waals surface area contributed by atoms with Crippen LogP contribution in [0, 0.1) is 11.7 Å². The lowest BCUT2D eigenvalue weighted by molar-refractivity contribution is 0.0223. The Kier molecular flexibility index (Phi) is 10.4. The Labute approximate surface area is 131 Å². The second kappa shape index (κ2) is 11.9. The van der Waals surface area contributed by atoms with Crippen LogP contribution < -0.4 is 0 Å². The molecule has 3 nitrogen and oxygen atoms in total. The minimum atomic E-state index is -0.210. The van der Waals surface area contributed by atoms with Crippen molar-refractivity contribution in [2.45, 2.75) is 12.8 Å². The van der Waals surface area contributed by atoms with Crippen LogP contribution in [0.1, 0.15) is 12.0 Å². The van der Waals surface area contributed by atoms with E-state index < -0.39 is 0 Å². The summed E-state index contributed by atoms with van der Waals surface area (Å²) in [5.74, 6) is 0.704. The molecule has 0 bridgehead atoms. The third kappa shape index (κ3) is 9.04. The van der Waals surface area contributed by atoms with Crippen LogP contribution in [-0.4, -0.2) is 46.0 Å². The van der Waals surface area contributed by atoms with Crippen molar-refractivity contribution >= 4 is 11.6 Å². The van der Waals surface area contributed by atoms with Gasteiger partial charge in [0.15, 0.2) is 0 Å². The maximum Gasteiger partial charge on any atom is 0.123 e. The maximum atomic E-state index is 12.8. The number of benzene rings is 1. The van der Waals surface area contributed by atoms with E-state index in [1.165, 1.54) is 12.1 Å². The van der Waals surface area contributed by atoms with Gasteiger partial charge in [0.1, 0.15) is 5.82 Å². The van der Waals surface area contributed by atoms with Gasteiger partial charge in [-0.1, -0.05) is 12.1 Å². The lowest BCUT2D eigenvalue weighted by Crippen LogP contribution is -2.13. The molecular formula is C16H24ClFO3. The highest BCUT2D eigenvalue weighted by Gasteiger charge is 2.08. The predicted octanol–water partition coefficient (Wildman–Crippen LogP) is 3.29. The van der Waals surface area contributed by atoms with Crippen LogP contribution in [0.25, 0.3) is 0 Å². The Bertz CT molecular complexity index is 359. The minimum absolute atomic E-state index is 0.210. The van der Waals surface area contributed by atoms with Crippen molar-refractivity contribution in [2.75, 3.05) is 46.0 Å². The first-order chi connectivity index (χ1) is 10.3. The first-order valence-electron chi connectivity index (χ1n) is 7.21. The topological polar surface area (TPSA) is 27.7 Å². The normalized spacial score (nSPS) is 12.5. The zero-order chi connectivity index (χ0) is 15.3. The van der Waals surface area contributed by atoms with Crippen molar-refractivity contribution in [2.24, 2.45) is 5.92 Å². The first-order valence-corrected chi connectivity index (χ1v) is 7.74. The molecular weight excluding hydrogens is 295 g/mol. The molecule has 0 saturated carbocycles. The van der Waals surface area contributed by atoms with E-state index in [-0.39, 0.29) is 5.82 Å². The van der Waals surface area contributed by atoms with Crippen molar-refractivity contribution in [1.29, 1.82) is 0 Å². The van der Waals surface area contributed by atoms with E-state index in [1.807, 2.05) is 0 Å². The van der Waals surface area contributed by atoms with Gasteiger partial charge in [0.2, 0.25) is 0 Å².